The van der Waals surface area contributed by atoms with E-state index < -0.39 is 0 Å². The highest BCUT2D eigenvalue weighted by molar-refractivity contribution is 6.73. The number of fused-ring (bicyclic) bond motifs is 3. The molecule has 3 heterocycles. The Kier molecular flexibility index (Phi) is 1.34. The van der Waals surface area contributed by atoms with E-state index in [1.54, 1.807) is 0 Å². The number of rotatable bonds is 0. The molecule has 0 aromatic carbocycles. The van der Waals surface area contributed by atoms with E-state index in [2.05, 4.69) is 22.1 Å². The van der Waals surface area contributed by atoms with Gasteiger partial charge in [-0.3, -0.25) is 9.97 Å². The third-order valence-corrected chi connectivity index (χ3v) is 3.54. The summed E-state index contributed by atoms with van der Waals surface area (Å²) in [6, 6.07) is 4.16. The van der Waals surface area contributed by atoms with E-state index in [0.29, 0.717) is 0 Å². The highest BCUT2D eigenvalue weighted by Crippen LogP contribution is 2.17. The molecule has 1 aliphatic rings. The lowest BCUT2D eigenvalue weighted by Crippen LogP contribution is -2.21. The molecule has 2 radical (unpaired) electrons. The Morgan fingerprint density at radius 2 is 1.38 bits per heavy atom. The van der Waals surface area contributed by atoms with Crippen molar-refractivity contribution in [3.63, 3.8) is 0 Å². The van der Waals surface area contributed by atoms with Gasteiger partial charge in [0.1, 0.15) is 9.52 Å². The Balaban J connectivity index is 2.32. The maximum atomic E-state index is 4.13. The van der Waals surface area contributed by atoms with Gasteiger partial charge in [0, 0.05) is 24.8 Å². The van der Waals surface area contributed by atoms with Crippen LogP contribution in [-0.2, 0) is 0 Å². The van der Waals surface area contributed by atoms with Crippen molar-refractivity contribution in [3.8, 4) is 11.1 Å². The molecule has 0 fully saturated rings. The van der Waals surface area contributed by atoms with Gasteiger partial charge in [0.25, 0.3) is 0 Å². The fraction of sp³-hybridized carbons (Fsp3) is 0. The summed E-state index contributed by atoms with van der Waals surface area (Å²) < 4.78 is 0. The van der Waals surface area contributed by atoms with Crippen molar-refractivity contribution in [2.45, 2.75) is 0 Å². The molecular weight excluding hydrogens is 176 g/mol. The zero-order valence-corrected chi connectivity index (χ0v) is 7.86. The van der Waals surface area contributed by atoms with E-state index in [1.165, 1.54) is 21.5 Å². The number of hydrogen-bond donors (Lipinski definition) is 0. The fourth-order valence-electron chi connectivity index (χ4n) is 1.60. The average molecular weight is 182 g/mol. The Hall–Kier alpha value is -1.48. The maximum Gasteiger partial charge on any atom is 0.127 e. The van der Waals surface area contributed by atoms with Gasteiger partial charge in [-0.05, 0) is 33.6 Å². The van der Waals surface area contributed by atoms with E-state index >= 15 is 0 Å². The lowest BCUT2D eigenvalue weighted by atomic mass is 10.1. The summed E-state index contributed by atoms with van der Waals surface area (Å²) in [6.07, 6.45) is 7.60. The molecule has 0 atom stereocenters. The largest absolute Gasteiger partial charge is 0.265 e. The van der Waals surface area contributed by atoms with Gasteiger partial charge in [-0.2, -0.15) is 0 Å². The Labute approximate surface area is 78.5 Å². The number of nitrogens with zero attached hydrogens (tertiary/aromatic N) is 2. The first kappa shape index (κ1) is 6.97. The average Bonchev–Trinajstić information content (AvgIpc) is 2.56. The molecule has 13 heavy (non-hydrogen) atoms. The molecule has 0 saturated heterocycles. The monoisotopic (exact) mass is 182 g/mol. The van der Waals surface area contributed by atoms with Gasteiger partial charge >= 0.3 is 0 Å². The summed E-state index contributed by atoms with van der Waals surface area (Å²) in [5, 5.41) is 2.68. The zero-order valence-electron chi connectivity index (χ0n) is 6.86. The summed E-state index contributed by atoms with van der Waals surface area (Å²) in [7, 11) is 0.726. The molecule has 2 nitrogen and oxygen atoms in total. The van der Waals surface area contributed by atoms with Crippen LogP contribution in [0.2, 0.25) is 0 Å². The normalized spacial score (nSPS) is 12.3. The van der Waals surface area contributed by atoms with Gasteiger partial charge in [0.2, 0.25) is 0 Å². The molecule has 0 spiro atoms. The lowest BCUT2D eigenvalue weighted by molar-refractivity contribution is 1.34. The van der Waals surface area contributed by atoms with Crippen molar-refractivity contribution < 1.29 is 0 Å². The predicted octanol–water partition coefficient (Wildman–Crippen LogP) is 0.112. The van der Waals surface area contributed by atoms with Crippen LogP contribution in [0.25, 0.3) is 11.1 Å². The van der Waals surface area contributed by atoms with E-state index in [0.717, 1.165) is 9.52 Å². The molecule has 3 heteroatoms. The molecule has 0 amide bonds. The molecule has 60 valence electrons. The third-order valence-electron chi connectivity index (χ3n) is 2.20. The minimum atomic E-state index is 0.726. The SMILES string of the molecule is c1cc2c(cn1)[Si]c1cnccc1-2. The second-order valence-electron chi connectivity index (χ2n) is 2.97. The van der Waals surface area contributed by atoms with Crippen molar-refractivity contribution in [1.29, 1.82) is 0 Å². The second kappa shape index (κ2) is 2.50. The smallest absolute Gasteiger partial charge is 0.127 e. The second-order valence-corrected chi connectivity index (χ2v) is 4.29. The first-order valence-corrected chi connectivity index (χ1v) is 5.10. The van der Waals surface area contributed by atoms with Gasteiger partial charge in [0.05, 0.1) is 0 Å². The minimum Gasteiger partial charge on any atom is -0.265 e. The molecule has 3 rings (SSSR count). The van der Waals surface area contributed by atoms with Crippen LogP contribution in [-0.4, -0.2) is 19.5 Å². The number of aromatic nitrogens is 2. The third kappa shape index (κ3) is 0.938. The predicted molar refractivity (Wildman–Crippen MR) is 52.5 cm³/mol. The molecule has 2 aromatic heterocycles. The van der Waals surface area contributed by atoms with Crippen LogP contribution < -0.4 is 10.4 Å². The van der Waals surface area contributed by atoms with Gasteiger partial charge < -0.3 is 0 Å². The topological polar surface area (TPSA) is 25.8 Å². The summed E-state index contributed by atoms with van der Waals surface area (Å²) in [5.74, 6) is 0. The quantitative estimate of drug-likeness (QED) is 0.461. The maximum absolute atomic E-state index is 4.13. The van der Waals surface area contributed by atoms with Crippen molar-refractivity contribution in [2.24, 2.45) is 0 Å². The zero-order chi connectivity index (χ0) is 8.67. The van der Waals surface area contributed by atoms with E-state index in [4.69, 9.17) is 0 Å². The first-order chi connectivity index (χ1) is 6.45. The highest BCUT2D eigenvalue weighted by Gasteiger charge is 2.18. The molecular formula is C10H6N2Si. The summed E-state index contributed by atoms with van der Waals surface area (Å²) >= 11 is 0. The van der Waals surface area contributed by atoms with Gasteiger partial charge in [-0.15, -0.1) is 0 Å². The molecule has 0 unspecified atom stereocenters. The van der Waals surface area contributed by atoms with Gasteiger partial charge in [-0.1, -0.05) is 0 Å². The van der Waals surface area contributed by atoms with Crippen molar-refractivity contribution in [1.82, 2.24) is 9.97 Å². The van der Waals surface area contributed by atoms with Crippen LogP contribution in [0, 0.1) is 0 Å². The molecule has 2 aromatic rings. The molecule has 1 aliphatic heterocycles. The lowest BCUT2D eigenvalue weighted by Gasteiger charge is -1.97. The van der Waals surface area contributed by atoms with Crippen molar-refractivity contribution >= 4 is 19.9 Å². The van der Waals surface area contributed by atoms with Gasteiger partial charge in [-0.25, -0.2) is 0 Å². The standard InChI is InChI=1S/C10H6N2Si/c1-3-11-5-9-7(1)8-2-4-12-6-10(8)13-9/h1-6H. The summed E-state index contributed by atoms with van der Waals surface area (Å²) in [4.78, 5) is 8.25. The highest BCUT2D eigenvalue weighted by atomic mass is 28.2. The van der Waals surface area contributed by atoms with Crippen molar-refractivity contribution in [2.75, 3.05) is 0 Å². The number of pyridine rings is 2. The fourth-order valence-corrected chi connectivity index (χ4v) is 2.88. The molecule has 0 N–H and O–H groups in total. The van der Waals surface area contributed by atoms with Crippen LogP contribution in [0.1, 0.15) is 0 Å². The number of hydrogen-bond acceptors (Lipinski definition) is 2. The van der Waals surface area contributed by atoms with E-state index in [9.17, 15) is 0 Å². The first-order valence-electron chi connectivity index (χ1n) is 4.10. The molecule has 0 bridgehead atoms. The van der Waals surface area contributed by atoms with Crippen LogP contribution >= 0.6 is 0 Å². The van der Waals surface area contributed by atoms with E-state index in [1.807, 2.05) is 24.8 Å². The minimum absolute atomic E-state index is 0.726. The Bertz CT molecular complexity index is 424. The molecule has 0 aliphatic carbocycles. The molecule has 0 saturated carbocycles. The Morgan fingerprint density at radius 1 is 0.846 bits per heavy atom. The Morgan fingerprint density at radius 3 is 1.92 bits per heavy atom. The van der Waals surface area contributed by atoms with E-state index in [-0.39, 0.29) is 0 Å². The van der Waals surface area contributed by atoms with Gasteiger partial charge in [0.15, 0.2) is 0 Å². The summed E-state index contributed by atoms with van der Waals surface area (Å²) in [5.41, 5.74) is 2.65. The van der Waals surface area contributed by atoms with Crippen LogP contribution in [0.5, 0.6) is 0 Å². The summed E-state index contributed by atoms with van der Waals surface area (Å²) in [6.45, 7) is 0. The van der Waals surface area contributed by atoms with Crippen molar-refractivity contribution in [3.05, 3.63) is 36.9 Å². The van der Waals surface area contributed by atoms with Crippen LogP contribution in [0.3, 0.4) is 0 Å². The van der Waals surface area contributed by atoms with Crippen LogP contribution in [0.15, 0.2) is 36.9 Å². The van der Waals surface area contributed by atoms with Crippen LogP contribution in [0.4, 0.5) is 0 Å².